The van der Waals surface area contributed by atoms with Crippen LogP contribution in [-0.2, 0) is 4.79 Å². The molecule has 112 valence electrons. The largest absolute Gasteiger partial charge is 0.493 e. The van der Waals surface area contributed by atoms with Crippen molar-refractivity contribution in [2.24, 2.45) is 0 Å². The molecule has 2 heterocycles. The van der Waals surface area contributed by atoms with Crippen LogP contribution in [0.3, 0.4) is 0 Å². The number of hydrogen-bond donors (Lipinski definition) is 3. The number of rotatable bonds is 5. The highest BCUT2D eigenvalue weighted by atomic mass is 16.5. The Kier molecular flexibility index (Phi) is 3.77. The van der Waals surface area contributed by atoms with E-state index in [0.29, 0.717) is 16.7 Å². The van der Waals surface area contributed by atoms with Crippen LogP contribution < -0.4 is 15.6 Å². The molecule has 22 heavy (non-hydrogen) atoms. The van der Waals surface area contributed by atoms with E-state index in [1.165, 1.54) is 12.4 Å². The maximum absolute atomic E-state index is 11.7. The van der Waals surface area contributed by atoms with Crippen LogP contribution in [0, 0.1) is 0 Å². The maximum atomic E-state index is 11.7. The number of ether oxygens (including phenoxy) is 1. The number of aromatic nitrogens is 5. The SMILES string of the molecule is O=C(CCOc1ccc2c(=O)[nH][nH]c2c1)Nc1nccnn1. The first-order chi connectivity index (χ1) is 10.7. The molecule has 0 aliphatic heterocycles. The average Bonchev–Trinajstić information content (AvgIpc) is 2.89. The molecule has 0 saturated heterocycles. The van der Waals surface area contributed by atoms with Crippen molar-refractivity contribution in [2.45, 2.75) is 6.42 Å². The second-order valence-corrected chi connectivity index (χ2v) is 4.40. The van der Waals surface area contributed by atoms with Gasteiger partial charge in [-0.25, -0.2) is 4.98 Å². The monoisotopic (exact) mass is 300 g/mol. The number of H-pyrrole nitrogens is 2. The quantitative estimate of drug-likeness (QED) is 0.628. The fourth-order valence-electron chi connectivity index (χ4n) is 1.86. The Bertz CT molecular complexity index is 842. The summed E-state index contributed by atoms with van der Waals surface area (Å²) in [6.07, 6.45) is 2.99. The Morgan fingerprint density at radius 1 is 1.27 bits per heavy atom. The topological polar surface area (TPSA) is 126 Å². The Balaban J connectivity index is 1.53. The predicted molar refractivity (Wildman–Crippen MR) is 77.5 cm³/mol. The van der Waals surface area contributed by atoms with Gasteiger partial charge in [0, 0.05) is 6.07 Å². The van der Waals surface area contributed by atoms with Gasteiger partial charge >= 0.3 is 0 Å². The van der Waals surface area contributed by atoms with Crippen LogP contribution in [0.4, 0.5) is 5.95 Å². The van der Waals surface area contributed by atoms with Crippen LogP contribution in [0.1, 0.15) is 6.42 Å². The molecule has 3 aromatic rings. The van der Waals surface area contributed by atoms with Crippen LogP contribution in [-0.4, -0.2) is 37.9 Å². The number of carbonyl (C=O) groups is 1. The molecule has 3 N–H and O–H groups in total. The van der Waals surface area contributed by atoms with Crippen LogP contribution in [0.2, 0.25) is 0 Å². The van der Waals surface area contributed by atoms with Gasteiger partial charge in [0.25, 0.3) is 5.56 Å². The minimum Gasteiger partial charge on any atom is -0.493 e. The Labute approximate surface area is 123 Å². The van der Waals surface area contributed by atoms with Gasteiger partial charge in [-0.1, -0.05) is 0 Å². The number of nitrogens with one attached hydrogen (secondary N) is 3. The van der Waals surface area contributed by atoms with Crippen molar-refractivity contribution in [3.63, 3.8) is 0 Å². The summed E-state index contributed by atoms with van der Waals surface area (Å²) in [5.74, 6) is 0.441. The molecule has 0 spiro atoms. The predicted octanol–water partition coefficient (Wildman–Crippen LogP) is 0.449. The van der Waals surface area contributed by atoms with E-state index in [1.54, 1.807) is 18.2 Å². The first-order valence-electron chi connectivity index (χ1n) is 6.49. The lowest BCUT2D eigenvalue weighted by Gasteiger charge is -2.06. The zero-order valence-corrected chi connectivity index (χ0v) is 11.4. The molecule has 1 aromatic carbocycles. The van der Waals surface area contributed by atoms with Gasteiger partial charge < -0.3 is 4.74 Å². The van der Waals surface area contributed by atoms with Gasteiger partial charge in [0.2, 0.25) is 11.9 Å². The molecule has 3 rings (SSSR count). The fraction of sp³-hybridized carbons (Fsp3) is 0.154. The first-order valence-corrected chi connectivity index (χ1v) is 6.49. The van der Waals surface area contributed by atoms with Gasteiger partial charge in [0.1, 0.15) is 5.75 Å². The first kappa shape index (κ1) is 13.7. The lowest BCUT2D eigenvalue weighted by molar-refractivity contribution is -0.116. The summed E-state index contributed by atoms with van der Waals surface area (Å²) in [5.41, 5.74) is 0.466. The molecule has 0 fully saturated rings. The van der Waals surface area contributed by atoms with Crippen molar-refractivity contribution >= 4 is 22.8 Å². The second kappa shape index (κ2) is 6.04. The summed E-state index contributed by atoms with van der Waals surface area (Å²) in [5, 5.41) is 15.5. The third-order valence-electron chi connectivity index (χ3n) is 2.88. The normalized spacial score (nSPS) is 10.5. The van der Waals surface area contributed by atoms with Crippen LogP contribution >= 0.6 is 0 Å². The molecule has 0 unspecified atom stereocenters. The highest BCUT2D eigenvalue weighted by Crippen LogP contribution is 2.16. The van der Waals surface area contributed by atoms with E-state index >= 15 is 0 Å². The molecule has 0 aliphatic carbocycles. The number of carbonyl (C=O) groups excluding carboxylic acids is 1. The highest BCUT2D eigenvalue weighted by molar-refractivity contribution is 5.88. The molecule has 9 nitrogen and oxygen atoms in total. The zero-order valence-electron chi connectivity index (χ0n) is 11.4. The molecule has 9 heteroatoms. The molecule has 0 aliphatic rings. The van der Waals surface area contributed by atoms with Gasteiger partial charge in [-0.2, -0.15) is 5.10 Å². The van der Waals surface area contributed by atoms with Gasteiger partial charge in [-0.15, -0.1) is 5.10 Å². The van der Waals surface area contributed by atoms with Crippen molar-refractivity contribution in [3.8, 4) is 5.75 Å². The van der Waals surface area contributed by atoms with Crippen molar-refractivity contribution in [1.29, 1.82) is 0 Å². The third kappa shape index (κ3) is 3.08. The van der Waals surface area contributed by atoms with Crippen molar-refractivity contribution in [2.75, 3.05) is 11.9 Å². The minimum absolute atomic E-state index is 0.139. The standard InChI is InChI=1S/C13H12N6O3/c20-11(16-13-14-4-5-15-19-13)3-6-22-8-1-2-9-10(7-8)17-18-12(9)21/h1-2,4-5,7H,3,6H2,(H2,17,18,21)(H,14,16,19,20). The molecule has 0 atom stereocenters. The lowest BCUT2D eigenvalue weighted by Crippen LogP contribution is -2.17. The van der Waals surface area contributed by atoms with E-state index in [1.807, 2.05) is 0 Å². The third-order valence-corrected chi connectivity index (χ3v) is 2.88. The van der Waals surface area contributed by atoms with Crippen LogP contribution in [0.15, 0.2) is 35.4 Å². The number of hydrogen-bond acceptors (Lipinski definition) is 6. The Morgan fingerprint density at radius 2 is 2.18 bits per heavy atom. The van der Waals surface area contributed by atoms with E-state index < -0.39 is 0 Å². The number of aromatic amines is 2. The molecular weight excluding hydrogens is 288 g/mol. The average molecular weight is 300 g/mol. The summed E-state index contributed by atoms with van der Waals surface area (Å²) >= 11 is 0. The van der Waals surface area contributed by atoms with Crippen LogP contribution in [0.5, 0.6) is 5.75 Å². The molecule has 2 aromatic heterocycles. The highest BCUT2D eigenvalue weighted by Gasteiger charge is 2.06. The summed E-state index contributed by atoms with van der Waals surface area (Å²) in [4.78, 5) is 26.9. The smallest absolute Gasteiger partial charge is 0.271 e. The van der Waals surface area contributed by atoms with E-state index in [4.69, 9.17) is 4.74 Å². The second-order valence-electron chi connectivity index (χ2n) is 4.40. The van der Waals surface area contributed by atoms with Crippen molar-refractivity contribution in [1.82, 2.24) is 25.4 Å². The van der Waals surface area contributed by atoms with Gasteiger partial charge in [-0.05, 0) is 12.1 Å². The van der Waals surface area contributed by atoms with Crippen LogP contribution in [0.25, 0.3) is 10.9 Å². The zero-order chi connectivity index (χ0) is 15.4. The minimum atomic E-state index is -0.274. The molecule has 1 amide bonds. The van der Waals surface area contributed by atoms with E-state index in [0.717, 1.165) is 0 Å². The van der Waals surface area contributed by atoms with E-state index in [-0.39, 0.29) is 30.4 Å². The molecule has 0 saturated carbocycles. The fourth-order valence-corrected chi connectivity index (χ4v) is 1.86. The number of fused-ring (bicyclic) bond motifs is 1. The van der Waals surface area contributed by atoms with Crippen molar-refractivity contribution in [3.05, 3.63) is 40.9 Å². The van der Waals surface area contributed by atoms with Crippen molar-refractivity contribution < 1.29 is 9.53 Å². The summed E-state index contributed by atoms with van der Waals surface area (Å²) < 4.78 is 5.48. The Hall–Kier alpha value is -3.23. The maximum Gasteiger partial charge on any atom is 0.271 e. The number of benzene rings is 1. The number of nitrogens with zero attached hydrogens (tertiary/aromatic N) is 3. The van der Waals surface area contributed by atoms with E-state index in [9.17, 15) is 9.59 Å². The lowest BCUT2D eigenvalue weighted by atomic mass is 10.2. The molecule has 0 radical (unpaired) electrons. The number of anilines is 1. The summed E-state index contributed by atoms with van der Waals surface area (Å²) in [6, 6.07) is 5.02. The summed E-state index contributed by atoms with van der Waals surface area (Å²) in [6.45, 7) is 0.187. The Morgan fingerprint density at radius 3 is 3.00 bits per heavy atom. The summed E-state index contributed by atoms with van der Waals surface area (Å²) in [7, 11) is 0. The van der Waals surface area contributed by atoms with E-state index in [2.05, 4.69) is 30.7 Å². The molecular formula is C13H12N6O3. The number of amides is 1. The van der Waals surface area contributed by atoms with Gasteiger partial charge in [0.05, 0.1) is 36.3 Å². The molecule has 0 bridgehead atoms. The van der Waals surface area contributed by atoms with Gasteiger partial charge in [-0.3, -0.25) is 25.1 Å². The van der Waals surface area contributed by atoms with Gasteiger partial charge in [0.15, 0.2) is 0 Å².